The van der Waals surface area contributed by atoms with Crippen LogP contribution in [0, 0.1) is 0 Å². The van der Waals surface area contributed by atoms with Crippen molar-refractivity contribution in [2.24, 2.45) is 5.73 Å². The molecule has 6 nitrogen and oxygen atoms in total. The van der Waals surface area contributed by atoms with Gasteiger partial charge in [0.25, 0.3) is 5.91 Å². The fourth-order valence-electron chi connectivity index (χ4n) is 3.76. The Labute approximate surface area is 157 Å². The van der Waals surface area contributed by atoms with E-state index in [0.717, 1.165) is 22.4 Å². The summed E-state index contributed by atoms with van der Waals surface area (Å²) < 4.78 is 6.99. The lowest BCUT2D eigenvalue weighted by Gasteiger charge is -2.34. The summed E-state index contributed by atoms with van der Waals surface area (Å²) in [7, 11) is 1.60. The first kappa shape index (κ1) is 17.2. The van der Waals surface area contributed by atoms with Crippen molar-refractivity contribution in [2.45, 2.75) is 18.6 Å². The van der Waals surface area contributed by atoms with E-state index in [-0.39, 0.29) is 12.4 Å². The number of carbonyl (C=O) groups excluding carboxylic acids is 1. The van der Waals surface area contributed by atoms with E-state index in [2.05, 4.69) is 34.4 Å². The molecule has 4 rings (SSSR count). The lowest BCUT2D eigenvalue weighted by Crippen LogP contribution is -2.32. The monoisotopic (exact) mass is 360 g/mol. The van der Waals surface area contributed by atoms with Crippen LogP contribution >= 0.6 is 0 Å². The van der Waals surface area contributed by atoms with Crippen molar-refractivity contribution in [3.05, 3.63) is 89.0 Å². The van der Waals surface area contributed by atoms with Gasteiger partial charge in [0, 0.05) is 36.9 Å². The minimum atomic E-state index is -0.542. The first-order valence-corrected chi connectivity index (χ1v) is 8.69. The quantitative estimate of drug-likeness (QED) is 0.758. The van der Waals surface area contributed by atoms with Crippen molar-refractivity contribution in [1.29, 1.82) is 0 Å². The van der Waals surface area contributed by atoms with E-state index >= 15 is 0 Å². The van der Waals surface area contributed by atoms with Gasteiger partial charge in [0.2, 0.25) is 0 Å². The Kier molecular flexibility index (Phi) is 4.33. The first-order valence-electron chi connectivity index (χ1n) is 8.69. The molecule has 1 aliphatic carbocycles. The van der Waals surface area contributed by atoms with E-state index in [9.17, 15) is 4.79 Å². The summed E-state index contributed by atoms with van der Waals surface area (Å²) >= 11 is 0. The van der Waals surface area contributed by atoms with Crippen LogP contribution in [0.4, 0.5) is 0 Å². The number of carbonyl (C=O) groups is 1. The molecule has 2 heterocycles. The maximum Gasteiger partial charge on any atom is 0.269 e. The number of nitrogens with zero attached hydrogens (tertiary/aromatic N) is 3. The Morgan fingerprint density at radius 2 is 2.00 bits per heavy atom. The lowest BCUT2D eigenvalue weighted by molar-refractivity contribution is 0.0985. The number of aromatic nitrogens is 3. The molecule has 1 atom stereocenters. The molecule has 0 radical (unpaired) electrons. The third-order valence-electron chi connectivity index (χ3n) is 5.03. The normalized spacial score (nSPS) is 18.3. The zero-order valence-corrected chi connectivity index (χ0v) is 15.0. The number of rotatable bonds is 5. The number of primary amides is 1. The van der Waals surface area contributed by atoms with Gasteiger partial charge in [0.05, 0.1) is 5.69 Å². The number of pyridine rings is 1. The average Bonchev–Trinajstić information content (AvgIpc) is 3.07. The number of ether oxygens (including phenoxy) is 1. The van der Waals surface area contributed by atoms with Gasteiger partial charge in [-0.15, -0.1) is 0 Å². The maximum atomic E-state index is 11.9. The number of nitrogens with two attached hydrogens (primary N) is 1. The molecule has 0 fully saturated rings. The van der Waals surface area contributed by atoms with Crippen molar-refractivity contribution < 1.29 is 9.53 Å². The maximum absolute atomic E-state index is 11.9. The smallest absolute Gasteiger partial charge is 0.269 e. The third-order valence-corrected chi connectivity index (χ3v) is 5.03. The van der Waals surface area contributed by atoms with E-state index in [1.54, 1.807) is 18.0 Å². The van der Waals surface area contributed by atoms with Crippen LogP contribution in [0.5, 0.6) is 0 Å². The zero-order chi connectivity index (χ0) is 18.9. The third kappa shape index (κ3) is 2.84. The fourth-order valence-corrected chi connectivity index (χ4v) is 3.76. The minimum absolute atomic E-state index is 0.251. The highest BCUT2D eigenvalue weighted by molar-refractivity contribution is 5.95. The summed E-state index contributed by atoms with van der Waals surface area (Å²) in [6, 6.07) is 14.3. The first-order chi connectivity index (χ1) is 13.2. The molecule has 1 aliphatic rings. The van der Waals surface area contributed by atoms with E-state index in [1.165, 1.54) is 0 Å². The molecule has 0 saturated carbocycles. The Morgan fingerprint density at radius 3 is 2.67 bits per heavy atom. The van der Waals surface area contributed by atoms with Crippen LogP contribution < -0.4 is 5.73 Å². The molecule has 136 valence electrons. The molecule has 1 aromatic carbocycles. The summed E-state index contributed by atoms with van der Waals surface area (Å²) in [5.74, 6) is -0.542. The predicted molar refractivity (Wildman–Crippen MR) is 102 cm³/mol. The molecule has 2 N–H and O–H groups in total. The predicted octanol–water partition coefficient (Wildman–Crippen LogP) is 2.54. The average molecular weight is 360 g/mol. The van der Waals surface area contributed by atoms with Gasteiger partial charge in [-0.2, -0.15) is 5.10 Å². The van der Waals surface area contributed by atoms with Gasteiger partial charge in [-0.05, 0) is 17.2 Å². The second-order valence-corrected chi connectivity index (χ2v) is 6.58. The molecule has 0 saturated heterocycles. The molecule has 27 heavy (non-hydrogen) atoms. The van der Waals surface area contributed by atoms with E-state index in [4.69, 9.17) is 10.5 Å². The SMILES string of the molecule is COCn1nc(C(N)=O)c2c1CC(c1ccccc1)(c1cccnc1)C=C2. The van der Waals surface area contributed by atoms with E-state index in [1.807, 2.05) is 36.5 Å². The Balaban J connectivity index is 1.93. The fraction of sp³-hybridized carbons (Fsp3) is 0.190. The number of hydrogen-bond acceptors (Lipinski definition) is 4. The number of methoxy groups -OCH3 is 1. The van der Waals surface area contributed by atoms with Crippen LogP contribution in [-0.2, 0) is 23.3 Å². The van der Waals surface area contributed by atoms with E-state index in [0.29, 0.717) is 6.42 Å². The Bertz CT molecular complexity index is 954. The number of allylic oxidation sites excluding steroid dienone is 1. The number of fused-ring (bicyclic) bond motifs is 1. The van der Waals surface area contributed by atoms with Gasteiger partial charge in [-0.1, -0.05) is 48.6 Å². The summed E-state index contributed by atoms with van der Waals surface area (Å²) in [5, 5.41) is 4.38. The van der Waals surface area contributed by atoms with Crippen molar-refractivity contribution in [2.75, 3.05) is 7.11 Å². The van der Waals surface area contributed by atoms with Gasteiger partial charge in [0.15, 0.2) is 5.69 Å². The van der Waals surface area contributed by atoms with Crippen LogP contribution in [0.25, 0.3) is 6.08 Å². The summed E-state index contributed by atoms with van der Waals surface area (Å²) in [4.78, 5) is 16.2. The minimum Gasteiger partial charge on any atom is -0.364 e. The number of hydrogen-bond donors (Lipinski definition) is 1. The molecule has 3 aromatic rings. The van der Waals surface area contributed by atoms with Crippen molar-refractivity contribution >= 4 is 12.0 Å². The van der Waals surface area contributed by atoms with Crippen molar-refractivity contribution in [3.8, 4) is 0 Å². The summed E-state index contributed by atoms with van der Waals surface area (Å²) in [6.45, 7) is 0.251. The van der Waals surface area contributed by atoms with Gasteiger partial charge in [0.1, 0.15) is 6.73 Å². The molecular weight excluding hydrogens is 340 g/mol. The highest BCUT2D eigenvalue weighted by Crippen LogP contribution is 2.42. The van der Waals surface area contributed by atoms with Gasteiger partial charge in [-0.25, -0.2) is 4.68 Å². The van der Waals surface area contributed by atoms with Crippen molar-refractivity contribution in [1.82, 2.24) is 14.8 Å². The molecule has 0 spiro atoms. The highest BCUT2D eigenvalue weighted by atomic mass is 16.5. The number of amides is 1. The molecular formula is C21H20N4O2. The second kappa shape index (κ2) is 6.81. The molecule has 0 bridgehead atoms. The topological polar surface area (TPSA) is 83.0 Å². The molecule has 1 amide bonds. The molecule has 2 aromatic heterocycles. The zero-order valence-electron chi connectivity index (χ0n) is 15.0. The van der Waals surface area contributed by atoms with Gasteiger partial charge >= 0.3 is 0 Å². The molecule has 0 aliphatic heterocycles. The summed E-state index contributed by atoms with van der Waals surface area (Å²) in [6.07, 6.45) is 8.33. The van der Waals surface area contributed by atoms with Gasteiger partial charge < -0.3 is 10.5 Å². The number of benzene rings is 1. The second-order valence-electron chi connectivity index (χ2n) is 6.58. The van der Waals surface area contributed by atoms with E-state index < -0.39 is 11.3 Å². The Morgan fingerprint density at radius 1 is 1.22 bits per heavy atom. The molecule has 6 heteroatoms. The van der Waals surface area contributed by atoms with Crippen LogP contribution in [-0.4, -0.2) is 27.8 Å². The summed E-state index contributed by atoms with van der Waals surface area (Å²) in [5.41, 5.74) is 9.29. The largest absolute Gasteiger partial charge is 0.364 e. The van der Waals surface area contributed by atoms with Crippen molar-refractivity contribution in [3.63, 3.8) is 0 Å². The Hall–Kier alpha value is -3.25. The van der Waals surface area contributed by atoms with Crippen LogP contribution in [0.3, 0.4) is 0 Å². The van der Waals surface area contributed by atoms with Crippen LogP contribution in [0.15, 0.2) is 60.9 Å². The molecule has 1 unspecified atom stereocenters. The standard InChI is InChI=1S/C21H20N4O2/c1-27-14-25-18-12-21(15-6-3-2-4-7-15,16-8-5-11-23-13-16)10-9-17(18)19(24-25)20(22)26/h2-11,13H,12,14H2,1H3,(H2,22,26). The van der Waals surface area contributed by atoms with Gasteiger partial charge in [-0.3, -0.25) is 9.78 Å². The lowest BCUT2D eigenvalue weighted by atomic mass is 9.69. The van der Waals surface area contributed by atoms with Crippen LogP contribution in [0.1, 0.15) is 32.9 Å². The van der Waals surface area contributed by atoms with Crippen LogP contribution in [0.2, 0.25) is 0 Å². The highest BCUT2D eigenvalue weighted by Gasteiger charge is 2.38.